The highest BCUT2D eigenvalue weighted by Gasteiger charge is 2.43. The van der Waals surface area contributed by atoms with Gasteiger partial charge in [0.2, 0.25) is 0 Å². The zero-order valence-corrected chi connectivity index (χ0v) is 12.0. The summed E-state index contributed by atoms with van der Waals surface area (Å²) in [5.74, 6) is 0. The first-order chi connectivity index (χ1) is 11.0. The molecular formula is C15H17NO7. The number of rotatable bonds is 3. The Morgan fingerprint density at radius 3 is 2.57 bits per heavy atom. The zero-order chi connectivity index (χ0) is 16.6. The highest BCUT2D eigenvalue weighted by Crippen LogP contribution is 2.24. The van der Waals surface area contributed by atoms with Crippen LogP contribution in [0.1, 0.15) is 0 Å². The second-order valence-electron chi connectivity index (χ2n) is 5.41. The fourth-order valence-corrected chi connectivity index (χ4v) is 2.60. The fourth-order valence-electron chi connectivity index (χ4n) is 2.60. The average molecular weight is 323 g/mol. The SMILES string of the molecule is O=c1ccc2ccc(N[C@H]3C(O)O[C@H](CO)[C@@H](O)[C@@H]3O)cc2o1. The van der Waals surface area contributed by atoms with Crippen molar-refractivity contribution in [3.8, 4) is 0 Å². The molecule has 5 atom stereocenters. The third-order valence-electron chi connectivity index (χ3n) is 3.86. The minimum absolute atomic E-state index is 0.344. The van der Waals surface area contributed by atoms with Crippen molar-refractivity contribution in [2.75, 3.05) is 11.9 Å². The summed E-state index contributed by atoms with van der Waals surface area (Å²) in [7, 11) is 0. The molecule has 0 spiro atoms. The largest absolute Gasteiger partial charge is 0.423 e. The Morgan fingerprint density at radius 1 is 1.09 bits per heavy atom. The first-order valence-electron chi connectivity index (χ1n) is 7.10. The number of hydrogen-bond acceptors (Lipinski definition) is 8. The molecule has 1 fully saturated rings. The van der Waals surface area contributed by atoms with E-state index in [2.05, 4.69) is 5.32 Å². The molecule has 1 aromatic carbocycles. The number of aliphatic hydroxyl groups is 4. The molecule has 1 aliphatic heterocycles. The lowest BCUT2D eigenvalue weighted by Crippen LogP contribution is -2.61. The summed E-state index contributed by atoms with van der Waals surface area (Å²) in [5, 5.41) is 42.5. The van der Waals surface area contributed by atoms with E-state index in [0.717, 1.165) is 5.39 Å². The van der Waals surface area contributed by atoms with E-state index in [4.69, 9.17) is 14.3 Å². The Morgan fingerprint density at radius 2 is 1.83 bits per heavy atom. The Kier molecular flexibility index (Phi) is 4.33. The van der Waals surface area contributed by atoms with Gasteiger partial charge in [0, 0.05) is 23.2 Å². The second kappa shape index (κ2) is 6.26. The molecule has 8 nitrogen and oxygen atoms in total. The molecule has 1 unspecified atom stereocenters. The summed E-state index contributed by atoms with van der Waals surface area (Å²) in [6.45, 7) is -0.525. The lowest BCUT2D eigenvalue weighted by atomic mass is 9.97. The van der Waals surface area contributed by atoms with Crippen LogP contribution < -0.4 is 10.9 Å². The lowest BCUT2D eigenvalue weighted by molar-refractivity contribution is -0.245. The minimum Gasteiger partial charge on any atom is -0.423 e. The summed E-state index contributed by atoms with van der Waals surface area (Å²) in [4.78, 5) is 11.3. The Bertz CT molecular complexity index is 746. The lowest BCUT2D eigenvalue weighted by Gasteiger charge is -2.40. The monoisotopic (exact) mass is 323 g/mol. The zero-order valence-electron chi connectivity index (χ0n) is 12.0. The Labute approximate surface area is 130 Å². The van der Waals surface area contributed by atoms with Crippen LogP contribution in [0.4, 0.5) is 5.69 Å². The van der Waals surface area contributed by atoms with Gasteiger partial charge in [0.25, 0.3) is 0 Å². The van der Waals surface area contributed by atoms with Crippen molar-refractivity contribution >= 4 is 16.7 Å². The molecule has 2 heterocycles. The average Bonchev–Trinajstić information content (AvgIpc) is 2.54. The van der Waals surface area contributed by atoms with Crippen molar-refractivity contribution < 1.29 is 29.6 Å². The molecule has 0 bridgehead atoms. The summed E-state index contributed by atoms with van der Waals surface area (Å²) >= 11 is 0. The maximum Gasteiger partial charge on any atom is 0.336 e. The molecule has 5 N–H and O–H groups in total. The maximum atomic E-state index is 11.3. The van der Waals surface area contributed by atoms with Gasteiger partial charge in [0.05, 0.1) is 6.61 Å². The van der Waals surface area contributed by atoms with Gasteiger partial charge in [-0.05, 0) is 18.2 Å². The van der Waals surface area contributed by atoms with E-state index < -0.39 is 42.9 Å². The van der Waals surface area contributed by atoms with E-state index in [9.17, 15) is 20.1 Å². The highest BCUT2D eigenvalue weighted by molar-refractivity contribution is 5.80. The molecular weight excluding hydrogens is 306 g/mol. The second-order valence-corrected chi connectivity index (χ2v) is 5.41. The summed E-state index contributed by atoms with van der Waals surface area (Å²) in [6, 6.07) is 6.83. The number of hydrogen-bond donors (Lipinski definition) is 5. The van der Waals surface area contributed by atoms with Crippen LogP contribution in [0.2, 0.25) is 0 Å². The predicted octanol–water partition coefficient (Wildman–Crippen LogP) is -0.995. The van der Waals surface area contributed by atoms with Crippen molar-refractivity contribution in [3.05, 3.63) is 40.8 Å². The molecule has 0 aliphatic carbocycles. The van der Waals surface area contributed by atoms with Crippen LogP contribution in [0.5, 0.6) is 0 Å². The van der Waals surface area contributed by atoms with E-state index in [1.807, 2.05) is 0 Å². The summed E-state index contributed by atoms with van der Waals surface area (Å²) in [5.41, 5.74) is 0.321. The third kappa shape index (κ3) is 3.07. The number of aliphatic hydroxyl groups excluding tert-OH is 4. The van der Waals surface area contributed by atoms with Crippen molar-refractivity contribution in [3.63, 3.8) is 0 Å². The maximum absolute atomic E-state index is 11.3. The number of nitrogens with one attached hydrogen (secondary N) is 1. The molecule has 23 heavy (non-hydrogen) atoms. The molecule has 124 valence electrons. The van der Waals surface area contributed by atoms with Gasteiger partial charge in [-0.3, -0.25) is 0 Å². The van der Waals surface area contributed by atoms with Crippen molar-refractivity contribution in [2.24, 2.45) is 0 Å². The van der Waals surface area contributed by atoms with Crippen LogP contribution in [0.15, 0.2) is 39.5 Å². The molecule has 3 rings (SSSR count). The minimum atomic E-state index is -1.43. The van der Waals surface area contributed by atoms with Gasteiger partial charge in [0.15, 0.2) is 6.29 Å². The first kappa shape index (κ1) is 15.9. The Balaban J connectivity index is 1.84. The molecule has 8 heteroatoms. The summed E-state index contributed by atoms with van der Waals surface area (Å²) in [6.07, 6.45) is -5.19. The Hall–Kier alpha value is -1.97. The first-order valence-corrected chi connectivity index (χ1v) is 7.10. The van der Waals surface area contributed by atoms with Crippen molar-refractivity contribution in [1.29, 1.82) is 0 Å². The molecule has 2 aromatic rings. The van der Waals surface area contributed by atoms with Gasteiger partial charge in [-0.15, -0.1) is 0 Å². The number of fused-ring (bicyclic) bond motifs is 1. The summed E-state index contributed by atoms with van der Waals surface area (Å²) < 4.78 is 10.1. The standard InChI is InChI=1S/C15H17NO7/c17-6-10-13(19)14(20)12(15(21)23-10)16-8-3-1-7-2-4-11(18)22-9(7)5-8/h1-5,10,12-17,19-21H,6H2/t10-,12-,13-,14-,15?/m1/s1. The third-order valence-corrected chi connectivity index (χ3v) is 3.86. The van der Waals surface area contributed by atoms with Crippen LogP contribution in [0.25, 0.3) is 11.0 Å². The quantitative estimate of drug-likeness (QED) is 0.455. The molecule has 0 saturated carbocycles. The van der Waals surface area contributed by atoms with Gasteiger partial charge in [-0.1, -0.05) is 0 Å². The number of anilines is 1. The van der Waals surface area contributed by atoms with E-state index in [1.165, 1.54) is 6.07 Å². The van der Waals surface area contributed by atoms with Gasteiger partial charge in [0.1, 0.15) is 29.9 Å². The molecule has 1 aromatic heterocycles. The molecule has 0 radical (unpaired) electrons. The number of ether oxygens (including phenoxy) is 1. The van der Waals surface area contributed by atoms with E-state index in [1.54, 1.807) is 24.3 Å². The van der Waals surface area contributed by atoms with Crippen molar-refractivity contribution in [1.82, 2.24) is 0 Å². The molecule has 0 amide bonds. The van der Waals surface area contributed by atoms with Crippen molar-refractivity contribution in [2.45, 2.75) is 30.6 Å². The molecule has 1 saturated heterocycles. The molecule has 1 aliphatic rings. The van der Waals surface area contributed by atoms with Gasteiger partial charge in [-0.25, -0.2) is 4.79 Å². The predicted molar refractivity (Wildman–Crippen MR) is 79.9 cm³/mol. The normalized spacial score (nSPS) is 31.2. The van der Waals surface area contributed by atoms with Gasteiger partial charge >= 0.3 is 5.63 Å². The van der Waals surface area contributed by atoms with E-state index in [-0.39, 0.29) is 0 Å². The van der Waals surface area contributed by atoms with Crippen LogP contribution in [-0.4, -0.2) is 57.7 Å². The fraction of sp³-hybridized carbons (Fsp3) is 0.400. The van der Waals surface area contributed by atoms with E-state index >= 15 is 0 Å². The highest BCUT2D eigenvalue weighted by atomic mass is 16.6. The van der Waals surface area contributed by atoms with Gasteiger partial charge in [-0.2, -0.15) is 0 Å². The van der Waals surface area contributed by atoms with Crippen LogP contribution >= 0.6 is 0 Å². The number of benzene rings is 1. The smallest absolute Gasteiger partial charge is 0.336 e. The van der Waals surface area contributed by atoms with Crippen LogP contribution in [0.3, 0.4) is 0 Å². The van der Waals surface area contributed by atoms with E-state index in [0.29, 0.717) is 11.3 Å². The van der Waals surface area contributed by atoms with Gasteiger partial charge < -0.3 is 34.9 Å². The topological polar surface area (TPSA) is 132 Å². The van der Waals surface area contributed by atoms with Crippen LogP contribution in [-0.2, 0) is 4.74 Å². The van der Waals surface area contributed by atoms with Crippen LogP contribution in [0, 0.1) is 0 Å².